The standard InChI is InChI=1S/C9H8F6/c1-5-2-3-6(8(10,11)12)4-7(5)9(13,14)15/h2-3,6H,4H2,1H3. The van der Waals surface area contributed by atoms with Crippen LogP contribution >= 0.6 is 0 Å². The fourth-order valence-electron chi connectivity index (χ4n) is 1.37. The van der Waals surface area contributed by atoms with Crippen LogP contribution in [0.2, 0.25) is 0 Å². The maximum Gasteiger partial charge on any atom is 0.412 e. The number of alkyl halides is 6. The van der Waals surface area contributed by atoms with Gasteiger partial charge in [-0.25, -0.2) is 0 Å². The summed E-state index contributed by atoms with van der Waals surface area (Å²) in [5.74, 6) is -2.03. The molecule has 1 atom stereocenters. The van der Waals surface area contributed by atoms with E-state index in [1.54, 1.807) is 0 Å². The highest BCUT2D eigenvalue weighted by Crippen LogP contribution is 2.41. The van der Waals surface area contributed by atoms with Gasteiger partial charge in [-0.15, -0.1) is 0 Å². The summed E-state index contributed by atoms with van der Waals surface area (Å²) in [6.07, 6.45) is -8.67. The highest BCUT2D eigenvalue weighted by Gasteiger charge is 2.45. The van der Waals surface area contributed by atoms with E-state index >= 15 is 0 Å². The summed E-state index contributed by atoms with van der Waals surface area (Å²) in [6, 6.07) is 0. The Morgan fingerprint density at radius 2 is 1.67 bits per heavy atom. The quantitative estimate of drug-likeness (QED) is 0.551. The molecule has 1 unspecified atom stereocenters. The zero-order valence-electron chi connectivity index (χ0n) is 7.71. The number of halogens is 6. The molecule has 0 aromatic carbocycles. The number of rotatable bonds is 0. The number of allylic oxidation sites excluding steroid dienone is 4. The van der Waals surface area contributed by atoms with Gasteiger partial charge >= 0.3 is 12.4 Å². The summed E-state index contributed by atoms with van der Waals surface area (Å²) in [4.78, 5) is 0. The minimum absolute atomic E-state index is 0.150. The molecule has 0 nitrogen and oxygen atoms in total. The monoisotopic (exact) mass is 230 g/mol. The first-order chi connectivity index (χ1) is 6.62. The molecule has 0 saturated heterocycles. The summed E-state index contributed by atoms with van der Waals surface area (Å²) in [5.41, 5.74) is -1.24. The summed E-state index contributed by atoms with van der Waals surface area (Å²) >= 11 is 0. The van der Waals surface area contributed by atoms with E-state index < -0.39 is 30.3 Å². The summed E-state index contributed by atoms with van der Waals surface area (Å²) in [7, 11) is 0. The molecule has 1 aliphatic carbocycles. The van der Waals surface area contributed by atoms with Gasteiger partial charge in [-0.1, -0.05) is 12.2 Å². The SMILES string of the molecule is CC1=C(C(F)(F)F)CC(C(F)(F)F)C=C1. The molecule has 86 valence electrons. The van der Waals surface area contributed by atoms with E-state index in [-0.39, 0.29) is 5.57 Å². The second kappa shape index (κ2) is 3.57. The highest BCUT2D eigenvalue weighted by atomic mass is 19.4. The van der Waals surface area contributed by atoms with Crippen molar-refractivity contribution >= 4 is 0 Å². The van der Waals surface area contributed by atoms with E-state index in [1.165, 1.54) is 0 Å². The Bertz CT molecular complexity index is 304. The topological polar surface area (TPSA) is 0 Å². The van der Waals surface area contributed by atoms with E-state index in [2.05, 4.69) is 0 Å². The third-order valence-corrected chi connectivity index (χ3v) is 2.24. The van der Waals surface area contributed by atoms with Crippen LogP contribution in [-0.4, -0.2) is 12.4 Å². The molecule has 0 saturated carbocycles. The zero-order chi connectivity index (χ0) is 11.9. The smallest absolute Gasteiger partial charge is 0.170 e. The van der Waals surface area contributed by atoms with Crippen LogP contribution < -0.4 is 0 Å². The van der Waals surface area contributed by atoms with E-state index in [1.807, 2.05) is 0 Å². The largest absolute Gasteiger partial charge is 0.412 e. The normalized spacial score (nSPS) is 23.5. The summed E-state index contributed by atoms with van der Waals surface area (Å²) < 4.78 is 73.4. The number of hydrogen-bond donors (Lipinski definition) is 0. The van der Waals surface area contributed by atoms with E-state index in [9.17, 15) is 26.3 Å². The van der Waals surface area contributed by atoms with Crippen LogP contribution in [0.5, 0.6) is 0 Å². The Morgan fingerprint density at radius 1 is 1.13 bits per heavy atom. The molecule has 0 bridgehead atoms. The van der Waals surface area contributed by atoms with Crippen LogP contribution in [0.3, 0.4) is 0 Å². The van der Waals surface area contributed by atoms with Crippen molar-refractivity contribution in [2.24, 2.45) is 5.92 Å². The van der Waals surface area contributed by atoms with E-state index in [4.69, 9.17) is 0 Å². The van der Waals surface area contributed by atoms with Crippen molar-refractivity contribution in [1.82, 2.24) is 0 Å². The van der Waals surface area contributed by atoms with Crippen LogP contribution in [0.1, 0.15) is 13.3 Å². The zero-order valence-corrected chi connectivity index (χ0v) is 7.71. The van der Waals surface area contributed by atoms with Crippen molar-refractivity contribution in [3.63, 3.8) is 0 Å². The van der Waals surface area contributed by atoms with E-state index in [0.717, 1.165) is 19.1 Å². The van der Waals surface area contributed by atoms with Crippen LogP contribution in [-0.2, 0) is 0 Å². The van der Waals surface area contributed by atoms with Crippen molar-refractivity contribution in [3.8, 4) is 0 Å². The van der Waals surface area contributed by atoms with Gasteiger partial charge in [0.25, 0.3) is 0 Å². The number of hydrogen-bond acceptors (Lipinski definition) is 0. The van der Waals surface area contributed by atoms with Crippen molar-refractivity contribution in [1.29, 1.82) is 0 Å². The fraction of sp³-hybridized carbons (Fsp3) is 0.556. The highest BCUT2D eigenvalue weighted by molar-refractivity contribution is 5.32. The van der Waals surface area contributed by atoms with Crippen LogP contribution in [0.15, 0.2) is 23.3 Å². The fourth-order valence-corrected chi connectivity index (χ4v) is 1.37. The lowest BCUT2D eigenvalue weighted by atomic mass is 9.89. The Balaban J connectivity index is 2.96. The Morgan fingerprint density at radius 3 is 2.07 bits per heavy atom. The van der Waals surface area contributed by atoms with Crippen LogP contribution in [0, 0.1) is 5.92 Å². The molecule has 15 heavy (non-hydrogen) atoms. The second-order valence-electron chi connectivity index (χ2n) is 3.37. The molecule has 1 aliphatic rings. The molecular formula is C9H8F6. The third kappa shape index (κ3) is 2.76. The van der Waals surface area contributed by atoms with E-state index in [0.29, 0.717) is 0 Å². The average molecular weight is 230 g/mol. The summed E-state index contributed by atoms with van der Waals surface area (Å²) in [6.45, 7) is 1.16. The molecule has 0 heterocycles. The molecule has 0 radical (unpaired) electrons. The Labute approximate surface area is 82.3 Å². The van der Waals surface area contributed by atoms with Crippen molar-refractivity contribution in [2.45, 2.75) is 25.7 Å². The molecule has 0 spiro atoms. The molecular weight excluding hydrogens is 222 g/mol. The van der Waals surface area contributed by atoms with Crippen LogP contribution in [0.4, 0.5) is 26.3 Å². The van der Waals surface area contributed by atoms with Crippen molar-refractivity contribution in [3.05, 3.63) is 23.3 Å². The molecule has 0 N–H and O–H groups in total. The van der Waals surface area contributed by atoms with Crippen molar-refractivity contribution < 1.29 is 26.3 Å². The first-order valence-corrected chi connectivity index (χ1v) is 4.14. The van der Waals surface area contributed by atoms with Gasteiger partial charge in [0.1, 0.15) is 0 Å². The van der Waals surface area contributed by atoms with Crippen LogP contribution in [0.25, 0.3) is 0 Å². The second-order valence-corrected chi connectivity index (χ2v) is 3.37. The van der Waals surface area contributed by atoms with Gasteiger partial charge in [0.2, 0.25) is 0 Å². The molecule has 1 rings (SSSR count). The predicted molar refractivity (Wildman–Crippen MR) is 42.1 cm³/mol. The van der Waals surface area contributed by atoms with Crippen molar-refractivity contribution in [2.75, 3.05) is 0 Å². The Kier molecular flexibility index (Phi) is 2.89. The first kappa shape index (κ1) is 12.1. The molecule has 0 aromatic heterocycles. The van der Waals surface area contributed by atoms with Gasteiger partial charge in [-0.3, -0.25) is 0 Å². The maximum atomic E-state index is 12.3. The molecule has 0 fully saturated rings. The molecule has 0 amide bonds. The molecule has 0 aliphatic heterocycles. The predicted octanol–water partition coefficient (Wildman–Crippen LogP) is 4.00. The summed E-state index contributed by atoms with van der Waals surface area (Å²) in [5, 5.41) is 0. The molecule has 0 aromatic rings. The lowest BCUT2D eigenvalue weighted by Crippen LogP contribution is -2.27. The van der Waals surface area contributed by atoms with Gasteiger partial charge in [0.15, 0.2) is 0 Å². The van der Waals surface area contributed by atoms with Gasteiger partial charge in [-0.2, -0.15) is 26.3 Å². The average Bonchev–Trinajstić information content (AvgIpc) is 2.00. The van der Waals surface area contributed by atoms with Gasteiger partial charge in [-0.05, 0) is 18.9 Å². The van der Waals surface area contributed by atoms with Gasteiger partial charge < -0.3 is 0 Å². The molecule has 6 heteroatoms. The van der Waals surface area contributed by atoms with Gasteiger partial charge in [0, 0.05) is 5.57 Å². The lowest BCUT2D eigenvalue weighted by Gasteiger charge is -2.24. The third-order valence-electron chi connectivity index (χ3n) is 2.24. The first-order valence-electron chi connectivity index (χ1n) is 4.14. The Hall–Kier alpha value is -0.940. The minimum Gasteiger partial charge on any atom is -0.170 e. The maximum absolute atomic E-state index is 12.3. The van der Waals surface area contributed by atoms with Gasteiger partial charge in [0.05, 0.1) is 5.92 Å². The minimum atomic E-state index is -4.68. The lowest BCUT2D eigenvalue weighted by molar-refractivity contribution is -0.165.